The first-order valence-electron chi connectivity index (χ1n) is 5.86. The van der Waals surface area contributed by atoms with Crippen LogP contribution in [-0.2, 0) is 19.9 Å². The lowest BCUT2D eigenvalue weighted by Gasteiger charge is -2.00. The van der Waals surface area contributed by atoms with E-state index in [-0.39, 0.29) is 11.7 Å². The molecule has 0 atom stereocenters. The third kappa shape index (κ3) is 2.93. The lowest BCUT2D eigenvalue weighted by Crippen LogP contribution is -2.26. The van der Waals surface area contributed by atoms with Gasteiger partial charge in [0.05, 0.1) is 6.20 Å². The number of hydrogen-bond donors (Lipinski definition) is 2. The van der Waals surface area contributed by atoms with Gasteiger partial charge in [-0.15, -0.1) is 5.10 Å². The van der Waals surface area contributed by atoms with Gasteiger partial charge in [-0.1, -0.05) is 6.92 Å². The predicted octanol–water partition coefficient (Wildman–Crippen LogP) is 0.0731. The van der Waals surface area contributed by atoms with Crippen molar-refractivity contribution in [2.24, 2.45) is 7.05 Å². The average Bonchev–Trinajstić information content (AvgIpc) is 2.98. The summed E-state index contributed by atoms with van der Waals surface area (Å²) in [5.41, 5.74) is 1.09. The molecule has 0 aliphatic carbocycles. The zero-order valence-electron chi connectivity index (χ0n) is 10.5. The van der Waals surface area contributed by atoms with E-state index in [9.17, 15) is 4.79 Å². The molecule has 2 aromatic rings. The molecule has 0 aromatic carbocycles. The minimum absolute atomic E-state index is 0.193. The SMILES string of the molecule is CCc1nc(C(=O)NCCc2cnn(C)c2)n[nH]1. The van der Waals surface area contributed by atoms with Gasteiger partial charge < -0.3 is 5.32 Å². The number of amides is 1. The van der Waals surface area contributed by atoms with Crippen LogP contribution in [-0.4, -0.2) is 37.4 Å². The van der Waals surface area contributed by atoms with Crippen LogP contribution in [0.25, 0.3) is 0 Å². The van der Waals surface area contributed by atoms with Crippen molar-refractivity contribution < 1.29 is 4.79 Å². The molecule has 2 aromatic heterocycles. The van der Waals surface area contributed by atoms with Crippen LogP contribution < -0.4 is 5.32 Å². The first kappa shape index (κ1) is 12.3. The Morgan fingerprint density at radius 3 is 3.00 bits per heavy atom. The Hall–Kier alpha value is -2.18. The van der Waals surface area contributed by atoms with E-state index in [1.807, 2.05) is 20.2 Å². The number of rotatable bonds is 5. The van der Waals surface area contributed by atoms with Crippen LogP contribution in [0.4, 0.5) is 0 Å². The maximum Gasteiger partial charge on any atom is 0.290 e. The summed E-state index contributed by atoms with van der Waals surface area (Å²) in [6, 6.07) is 0. The van der Waals surface area contributed by atoms with Gasteiger partial charge in [0.2, 0.25) is 5.82 Å². The number of aryl methyl sites for hydroxylation is 2. The van der Waals surface area contributed by atoms with Crippen LogP contribution in [0, 0.1) is 0 Å². The van der Waals surface area contributed by atoms with Gasteiger partial charge in [-0.2, -0.15) is 5.10 Å². The molecule has 0 saturated carbocycles. The van der Waals surface area contributed by atoms with E-state index in [0.717, 1.165) is 18.4 Å². The lowest BCUT2D eigenvalue weighted by molar-refractivity contribution is 0.0944. The van der Waals surface area contributed by atoms with Crippen LogP contribution >= 0.6 is 0 Å². The molecule has 0 unspecified atom stereocenters. The number of carbonyl (C=O) groups is 1. The van der Waals surface area contributed by atoms with Crippen molar-refractivity contribution in [2.45, 2.75) is 19.8 Å². The molecule has 0 spiro atoms. The molecule has 0 bridgehead atoms. The molecule has 96 valence electrons. The van der Waals surface area contributed by atoms with Gasteiger partial charge in [0.1, 0.15) is 5.82 Å². The summed E-state index contributed by atoms with van der Waals surface area (Å²) in [5, 5.41) is 13.4. The minimum atomic E-state index is -0.255. The highest BCUT2D eigenvalue weighted by molar-refractivity contribution is 5.90. The fourth-order valence-electron chi connectivity index (χ4n) is 1.56. The number of hydrogen-bond acceptors (Lipinski definition) is 4. The van der Waals surface area contributed by atoms with Crippen LogP contribution in [0.5, 0.6) is 0 Å². The summed E-state index contributed by atoms with van der Waals surface area (Å²) in [5.74, 6) is 0.653. The Bertz CT molecular complexity index is 529. The maximum absolute atomic E-state index is 11.7. The van der Waals surface area contributed by atoms with Gasteiger partial charge in [-0.3, -0.25) is 14.6 Å². The normalized spacial score (nSPS) is 10.6. The molecule has 0 saturated heterocycles. The second-order valence-electron chi connectivity index (χ2n) is 3.99. The van der Waals surface area contributed by atoms with E-state index in [1.54, 1.807) is 10.9 Å². The quantitative estimate of drug-likeness (QED) is 0.784. The molecule has 7 nitrogen and oxygen atoms in total. The monoisotopic (exact) mass is 248 g/mol. The Morgan fingerprint density at radius 2 is 2.39 bits per heavy atom. The standard InChI is InChI=1S/C11H16N6O/c1-3-9-14-10(16-15-9)11(18)12-5-4-8-6-13-17(2)7-8/h6-7H,3-5H2,1-2H3,(H,12,18)(H,14,15,16). The van der Waals surface area contributed by atoms with Gasteiger partial charge >= 0.3 is 0 Å². The van der Waals surface area contributed by atoms with Gasteiger partial charge in [0.25, 0.3) is 5.91 Å². The lowest BCUT2D eigenvalue weighted by atomic mass is 10.2. The highest BCUT2D eigenvalue weighted by Gasteiger charge is 2.10. The molecule has 2 N–H and O–H groups in total. The summed E-state index contributed by atoms with van der Waals surface area (Å²) in [6.45, 7) is 2.49. The summed E-state index contributed by atoms with van der Waals surface area (Å²) in [7, 11) is 1.86. The molecule has 0 aliphatic rings. The van der Waals surface area contributed by atoms with Crippen molar-refractivity contribution in [1.29, 1.82) is 0 Å². The number of nitrogens with zero attached hydrogens (tertiary/aromatic N) is 4. The molecule has 2 rings (SSSR count). The van der Waals surface area contributed by atoms with E-state index in [0.29, 0.717) is 12.4 Å². The maximum atomic E-state index is 11.7. The topological polar surface area (TPSA) is 88.5 Å². The minimum Gasteiger partial charge on any atom is -0.349 e. The van der Waals surface area contributed by atoms with E-state index in [4.69, 9.17) is 0 Å². The van der Waals surface area contributed by atoms with E-state index in [1.165, 1.54) is 0 Å². The number of H-pyrrole nitrogens is 1. The molecular weight excluding hydrogens is 232 g/mol. The van der Waals surface area contributed by atoms with Crippen molar-refractivity contribution in [2.75, 3.05) is 6.54 Å². The van der Waals surface area contributed by atoms with E-state index >= 15 is 0 Å². The first-order valence-corrected chi connectivity index (χ1v) is 5.86. The highest BCUT2D eigenvalue weighted by Crippen LogP contribution is 1.97. The molecule has 2 heterocycles. The molecular formula is C11H16N6O. The Labute approximate surface area is 105 Å². The van der Waals surface area contributed by atoms with Crippen molar-refractivity contribution in [3.8, 4) is 0 Å². The molecule has 1 amide bonds. The number of carbonyl (C=O) groups excluding carboxylic acids is 1. The van der Waals surface area contributed by atoms with Gasteiger partial charge in [0.15, 0.2) is 0 Å². The molecule has 0 radical (unpaired) electrons. The van der Waals surface area contributed by atoms with Gasteiger partial charge in [0, 0.05) is 26.2 Å². The first-order chi connectivity index (χ1) is 8.69. The summed E-state index contributed by atoms with van der Waals surface area (Å²) >= 11 is 0. The van der Waals surface area contributed by atoms with Crippen LogP contribution in [0.1, 0.15) is 28.9 Å². The smallest absolute Gasteiger partial charge is 0.290 e. The second-order valence-corrected chi connectivity index (χ2v) is 3.99. The number of aromatic nitrogens is 5. The highest BCUT2D eigenvalue weighted by atomic mass is 16.2. The number of aromatic amines is 1. The zero-order valence-corrected chi connectivity index (χ0v) is 10.5. The van der Waals surface area contributed by atoms with Crippen molar-refractivity contribution in [3.63, 3.8) is 0 Å². The Balaban J connectivity index is 1.81. The van der Waals surface area contributed by atoms with Crippen LogP contribution in [0.3, 0.4) is 0 Å². The second kappa shape index (κ2) is 5.44. The van der Waals surface area contributed by atoms with Crippen LogP contribution in [0.15, 0.2) is 12.4 Å². The van der Waals surface area contributed by atoms with Crippen molar-refractivity contribution in [3.05, 3.63) is 29.6 Å². The molecule has 18 heavy (non-hydrogen) atoms. The molecule has 0 fully saturated rings. The van der Waals surface area contributed by atoms with Crippen molar-refractivity contribution >= 4 is 5.91 Å². The predicted molar refractivity (Wildman–Crippen MR) is 65.0 cm³/mol. The van der Waals surface area contributed by atoms with Crippen molar-refractivity contribution in [1.82, 2.24) is 30.3 Å². The summed E-state index contributed by atoms with van der Waals surface area (Å²) in [4.78, 5) is 15.8. The Kier molecular flexibility index (Phi) is 3.71. The largest absolute Gasteiger partial charge is 0.349 e. The van der Waals surface area contributed by atoms with Crippen LogP contribution in [0.2, 0.25) is 0 Å². The zero-order chi connectivity index (χ0) is 13.0. The summed E-state index contributed by atoms with van der Waals surface area (Å²) < 4.78 is 1.74. The third-order valence-electron chi connectivity index (χ3n) is 2.53. The molecule has 0 aliphatic heterocycles. The number of nitrogens with one attached hydrogen (secondary N) is 2. The fourth-order valence-corrected chi connectivity index (χ4v) is 1.56. The van der Waals surface area contributed by atoms with Gasteiger partial charge in [-0.25, -0.2) is 4.98 Å². The summed E-state index contributed by atoms with van der Waals surface area (Å²) in [6.07, 6.45) is 5.18. The van der Waals surface area contributed by atoms with E-state index in [2.05, 4.69) is 25.6 Å². The molecule has 7 heteroatoms. The van der Waals surface area contributed by atoms with E-state index < -0.39 is 0 Å². The van der Waals surface area contributed by atoms with Gasteiger partial charge in [-0.05, 0) is 12.0 Å². The average molecular weight is 248 g/mol. The fraction of sp³-hybridized carbons (Fsp3) is 0.455. The third-order valence-corrected chi connectivity index (χ3v) is 2.53. The Morgan fingerprint density at radius 1 is 1.56 bits per heavy atom.